The molecule has 0 N–H and O–H groups in total. The van der Waals surface area contributed by atoms with E-state index >= 15 is 0 Å². The van der Waals surface area contributed by atoms with E-state index in [4.69, 9.17) is 14.2 Å². The minimum absolute atomic E-state index is 0.0633. The van der Waals surface area contributed by atoms with Gasteiger partial charge in [-0.1, -0.05) is 328 Å². The van der Waals surface area contributed by atoms with Gasteiger partial charge in [-0.3, -0.25) is 14.4 Å². The van der Waals surface area contributed by atoms with Crippen LogP contribution in [0.25, 0.3) is 0 Å². The number of carbonyl (C=O) groups excluding carboxylic acids is 3. The van der Waals surface area contributed by atoms with Crippen molar-refractivity contribution >= 4 is 17.9 Å². The second-order valence-electron chi connectivity index (χ2n) is 22.7. The van der Waals surface area contributed by atoms with Crippen molar-refractivity contribution in [3.8, 4) is 0 Å². The Balaban J connectivity index is 4.25. The highest BCUT2D eigenvalue weighted by Gasteiger charge is 2.19. The number of rotatable bonds is 62. The third-order valence-corrected chi connectivity index (χ3v) is 15.3. The molecule has 0 unspecified atom stereocenters. The van der Waals surface area contributed by atoms with Crippen LogP contribution in [-0.2, 0) is 28.6 Å². The molecule has 0 aromatic carbocycles. The van der Waals surface area contributed by atoms with E-state index in [-0.39, 0.29) is 31.1 Å². The largest absolute Gasteiger partial charge is 0.462 e. The van der Waals surface area contributed by atoms with Gasteiger partial charge in [0.05, 0.1) is 0 Å². The van der Waals surface area contributed by atoms with Crippen LogP contribution in [0, 0.1) is 0 Å². The lowest BCUT2D eigenvalue weighted by atomic mass is 10.0. The van der Waals surface area contributed by atoms with Gasteiger partial charge in [-0.2, -0.15) is 0 Å². The Kier molecular flexibility index (Phi) is 61.1. The first-order valence-corrected chi connectivity index (χ1v) is 33.2. The highest BCUT2D eigenvalue weighted by molar-refractivity contribution is 5.71. The van der Waals surface area contributed by atoms with E-state index in [1.165, 1.54) is 283 Å². The number of unbranched alkanes of at least 4 members (excludes halogenated alkanes) is 49. The molecule has 1 atom stereocenters. The molecule has 0 aliphatic rings. The lowest BCUT2D eigenvalue weighted by Gasteiger charge is -2.18. The lowest BCUT2D eigenvalue weighted by Crippen LogP contribution is -2.30. The van der Waals surface area contributed by atoms with Gasteiger partial charge in [-0.15, -0.1) is 0 Å². The maximum absolute atomic E-state index is 12.9. The lowest BCUT2D eigenvalue weighted by molar-refractivity contribution is -0.167. The van der Waals surface area contributed by atoms with E-state index in [2.05, 4.69) is 32.9 Å². The first kappa shape index (κ1) is 71.2. The number of carbonyl (C=O) groups is 3. The molecule has 6 nitrogen and oxygen atoms in total. The van der Waals surface area contributed by atoms with Crippen molar-refractivity contribution in [1.29, 1.82) is 0 Å². The molecule has 0 aliphatic carbocycles. The number of hydrogen-bond donors (Lipinski definition) is 0. The minimum Gasteiger partial charge on any atom is -0.462 e. The molecule has 0 rings (SSSR count). The quantitative estimate of drug-likeness (QED) is 0.0261. The topological polar surface area (TPSA) is 78.9 Å². The third kappa shape index (κ3) is 60.9. The molecule has 432 valence electrons. The van der Waals surface area contributed by atoms with Crippen molar-refractivity contribution in [1.82, 2.24) is 0 Å². The van der Waals surface area contributed by atoms with Crippen LogP contribution in [-0.4, -0.2) is 37.2 Å². The molecule has 0 saturated carbocycles. The average molecular weight is 1030 g/mol. The maximum atomic E-state index is 12.9. The molecular weight excluding hydrogens is 901 g/mol. The van der Waals surface area contributed by atoms with E-state index in [9.17, 15) is 14.4 Å². The summed E-state index contributed by atoms with van der Waals surface area (Å²) in [6.45, 7) is 6.72. The van der Waals surface area contributed by atoms with Crippen LogP contribution in [0.15, 0.2) is 12.2 Å². The normalized spacial score (nSPS) is 12.0. The molecule has 0 aromatic rings. The fourth-order valence-electron chi connectivity index (χ4n) is 10.3. The molecule has 0 radical (unpaired) electrons. The zero-order valence-electron chi connectivity index (χ0n) is 49.7. The van der Waals surface area contributed by atoms with E-state index in [0.29, 0.717) is 19.3 Å². The van der Waals surface area contributed by atoms with E-state index < -0.39 is 6.10 Å². The Labute approximate surface area is 456 Å². The van der Waals surface area contributed by atoms with Crippen molar-refractivity contribution in [3.63, 3.8) is 0 Å². The molecule has 0 heterocycles. The zero-order chi connectivity index (χ0) is 52.9. The highest BCUT2D eigenvalue weighted by atomic mass is 16.6. The van der Waals surface area contributed by atoms with E-state index in [0.717, 1.165) is 57.8 Å². The van der Waals surface area contributed by atoms with Crippen molar-refractivity contribution < 1.29 is 28.6 Å². The fraction of sp³-hybridized carbons (Fsp3) is 0.925. The maximum Gasteiger partial charge on any atom is 0.306 e. The second-order valence-corrected chi connectivity index (χ2v) is 22.7. The van der Waals surface area contributed by atoms with Crippen LogP contribution in [0.2, 0.25) is 0 Å². The zero-order valence-corrected chi connectivity index (χ0v) is 49.7. The Morgan fingerprint density at radius 3 is 0.685 bits per heavy atom. The van der Waals surface area contributed by atoms with Crippen molar-refractivity contribution in [3.05, 3.63) is 12.2 Å². The third-order valence-electron chi connectivity index (χ3n) is 15.3. The molecule has 0 bridgehead atoms. The molecule has 73 heavy (non-hydrogen) atoms. The van der Waals surface area contributed by atoms with Crippen LogP contribution in [0.4, 0.5) is 0 Å². The number of allylic oxidation sites excluding steroid dienone is 2. The van der Waals surface area contributed by atoms with Gasteiger partial charge in [0.1, 0.15) is 13.2 Å². The molecule has 0 amide bonds. The molecule has 0 fully saturated rings. The summed E-state index contributed by atoms with van der Waals surface area (Å²) in [5.74, 6) is -0.832. The smallest absolute Gasteiger partial charge is 0.306 e. The van der Waals surface area contributed by atoms with Gasteiger partial charge in [-0.25, -0.2) is 0 Å². The van der Waals surface area contributed by atoms with Crippen LogP contribution in [0.1, 0.15) is 380 Å². The summed E-state index contributed by atoms with van der Waals surface area (Å²) in [6.07, 6.45) is 73.7. The molecule has 0 spiro atoms. The summed E-state index contributed by atoms with van der Waals surface area (Å²) in [7, 11) is 0. The van der Waals surface area contributed by atoms with Crippen LogP contribution in [0.3, 0.4) is 0 Å². The van der Waals surface area contributed by atoms with Crippen LogP contribution >= 0.6 is 0 Å². The first-order valence-electron chi connectivity index (χ1n) is 33.2. The molecule has 0 aromatic heterocycles. The van der Waals surface area contributed by atoms with Gasteiger partial charge in [-0.05, 0) is 44.9 Å². The van der Waals surface area contributed by atoms with Crippen molar-refractivity contribution in [2.45, 2.75) is 386 Å². The summed E-state index contributed by atoms with van der Waals surface area (Å²) >= 11 is 0. The molecule has 0 saturated heterocycles. The summed E-state index contributed by atoms with van der Waals surface area (Å²) in [4.78, 5) is 38.3. The average Bonchev–Trinajstić information content (AvgIpc) is 3.39. The standard InChI is InChI=1S/C67H128O6/c1-4-7-10-13-16-19-22-25-27-29-31-33-35-37-39-42-45-48-51-54-57-60-66(69)72-63-64(62-71-65(68)59-56-53-50-47-44-41-24-21-18-15-12-9-6-3)73-67(70)61-58-55-52-49-46-43-40-38-36-34-32-30-28-26-23-20-17-14-11-8-5-2/h26,28,64H,4-25,27,29-63H2,1-3H3/b28-26-/t64-/m0/s1. The van der Waals surface area contributed by atoms with E-state index in [1.54, 1.807) is 0 Å². The van der Waals surface area contributed by atoms with Gasteiger partial charge in [0, 0.05) is 19.3 Å². The Hall–Kier alpha value is -1.85. The van der Waals surface area contributed by atoms with Gasteiger partial charge in [0.2, 0.25) is 0 Å². The summed E-state index contributed by atoms with van der Waals surface area (Å²) < 4.78 is 17.0. The number of ether oxygens (including phenoxy) is 3. The predicted molar refractivity (Wildman–Crippen MR) is 317 cm³/mol. The minimum atomic E-state index is -0.766. The highest BCUT2D eigenvalue weighted by Crippen LogP contribution is 2.18. The first-order chi connectivity index (χ1) is 36.0. The molecule has 6 heteroatoms. The molecule has 0 aliphatic heterocycles. The fourth-order valence-corrected chi connectivity index (χ4v) is 10.3. The number of hydrogen-bond acceptors (Lipinski definition) is 6. The summed E-state index contributed by atoms with van der Waals surface area (Å²) in [6, 6.07) is 0. The summed E-state index contributed by atoms with van der Waals surface area (Å²) in [5, 5.41) is 0. The van der Waals surface area contributed by atoms with E-state index in [1.807, 2.05) is 0 Å². The SMILES string of the molecule is CCCCCCCC/C=C\CCCCCCCCCCCCCC(=O)O[C@@H](COC(=O)CCCCCCCCCCCCCCC)COC(=O)CCCCCCCCCCCCCCCCCCCCCCC. The van der Waals surface area contributed by atoms with Gasteiger partial charge in [0.25, 0.3) is 0 Å². The second kappa shape index (κ2) is 62.7. The molecular formula is C67H128O6. The number of esters is 3. The van der Waals surface area contributed by atoms with Gasteiger partial charge < -0.3 is 14.2 Å². The monoisotopic (exact) mass is 1030 g/mol. The summed E-state index contributed by atoms with van der Waals surface area (Å²) in [5.41, 5.74) is 0. The Morgan fingerprint density at radius 2 is 0.452 bits per heavy atom. The van der Waals surface area contributed by atoms with Crippen molar-refractivity contribution in [2.24, 2.45) is 0 Å². The van der Waals surface area contributed by atoms with Crippen LogP contribution < -0.4 is 0 Å². The Bertz CT molecular complexity index is 1130. The Morgan fingerprint density at radius 1 is 0.260 bits per heavy atom. The predicted octanol–water partition coefficient (Wildman–Crippen LogP) is 22.4. The van der Waals surface area contributed by atoms with Crippen LogP contribution in [0.5, 0.6) is 0 Å². The van der Waals surface area contributed by atoms with Gasteiger partial charge >= 0.3 is 17.9 Å². The van der Waals surface area contributed by atoms with Gasteiger partial charge in [0.15, 0.2) is 6.10 Å². The van der Waals surface area contributed by atoms with Crippen molar-refractivity contribution in [2.75, 3.05) is 13.2 Å².